The molecule has 9 nitrogen and oxygen atoms in total. The number of benzene rings is 1. The zero-order valence-corrected chi connectivity index (χ0v) is 23.6. The average Bonchev–Trinajstić information content (AvgIpc) is 3.69. The third-order valence-corrected chi connectivity index (χ3v) is 7.43. The van der Waals surface area contributed by atoms with E-state index in [4.69, 9.17) is 18.9 Å². The van der Waals surface area contributed by atoms with Gasteiger partial charge in [-0.15, -0.1) is 0 Å². The number of carbonyl (C=O) groups is 4. The van der Waals surface area contributed by atoms with Gasteiger partial charge in [0.15, 0.2) is 0 Å². The molecule has 212 valence electrons. The largest absolute Gasteiger partial charge is 0.481 e. The first-order valence-electron chi connectivity index (χ1n) is 12.9. The number of carboxylic acids is 1. The monoisotopic (exact) mass is 534 g/mol. The molecule has 4 atom stereocenters. The van der Waals surface area contributed by atoms with E-state index in [0.717, 1.165) is 5.56 Å². The van der Waals surface area contributed by atoms with Gasteiger partial charge in [0.25, 0.3) is 0 Å². The number of carbonyl (C=O) groups excluding carboxylic acids is 3. The van der Waals surface area contributed by atoms with Gasteiger partial charge in [0.05, 0.1) is 35.4 Å². The second-order valence-electron chi connectivity index (χ2n) is 11.9. The van der Waals surface area contributed by atoms with Gasteiger partial charge < -0.3 is 24.1 Å². The van der Waals surface area contributed by atoms with Crippen LogP contribution in [0.1, 0.15) is 72.8 Å². The van der Waals surface area contributed by atoms with E-state index >= 15 is 0 Å². The van der Waals surface area contributed by atoms with Crippen LogP contribution in [0.5, 0.6) is 0 Å². The summed E-state index contributed by atoms with van der Waals surface area (Å²) in [5.41, 5.74) is -4.28. The van der Waals surface area contributed by atoms with Crippen molar-refractivity contribution in [3.8, 4) is 0 Å². The standard InChI is InChI=1S/C29H42O9/c1-8-27(4,25(34)37-14-20-12-10-9-11-13-20)18-29(6,24(33)35-7)19-28(5,22(30)31)17-26(2,3)23(32)38-16-21-15-36-21/h9-13,21H,8,14-19H2,1-7H3,(H,30,31). The number of hydrogen-bond donors (Lipinski definition) is 1. The van der Waals surface area contributed by atoms with Gasteiger partial charge in [0.1, 0.15) is 19.3 Å². The Hall–Kier alpha value is -2.94. The maximum Gasteiger partial charge on any atom is 0.312 e. The topological polar surface area (TPSA) is 129 Å². The second-order valence-corrected chi connectivity index (χ2v) is 11.9. The fourth-order valence-electron chi connectivity index (χ4n) is 5.20. The summed E-state index contributed by atoms with van der Waals surface area (Å²) < 4.78 is 21.1. The van der Waals surface area contributed by atoms with E-state index < -0.39 is 45.5 Å². The van der Waals surface area contributed by atoms with Crippen LogP contribution in [0.2, 0.25) is 0 Å². The quantitative estimate of drug-likeness (QED) is 0.196. The van der Waals surface area contributed by atoms with E-state index in [9.17, 15) is 24.3 Å². The summed E-state index contributed by atoms with van der Waals surface area (Å²) >= 11 is 0. The maximum absolute atomic E-state index is 13.2. The number of rotatable bonds is 15. The molecule has 0 amide bonds. The smallest absolute Gasteiger partial charge is 0.312 e. The number of carboxylic acid groups (broad SMARTS) is 1. The van der Waals surface area contributed by atoms with Crippen LogP contribution in [0.15, 0.2) is 30.3 Å². The van der Waals surface area contributed by atoms with E-state index in [1.165, 1.54) is 14.0 Å². The van der Waals surface area contributed by atoms with E-state index in [-0.39, 0.29) is 38.6 Å². The molecule has 38 heavy (non-hydrogen) atoms. The molecule has 0 aliphatic carbocycles. The van der Waals surface area contributed by atoms with Crippen LogP contribution in [0.3, 0.4) is 0 Å². The first kappa shape index (κ1) is 31.3. The lowest BCUT2D eigenvalue weighted by atomic mass is 9.61. The summed E-state index contributed by atoms with van der Waals surface area (Å²) in [5, 5.41) is 10.3. The van der Waals surface area contributed by atoms with Crippen molar-refractivity contribution in [2.45, 2.75) is 79.9 Å². The zero-order valence-electron chi connectivity index (χ0n) is 23.6. The first-order chi connectivity index (χ1) is 17.6. The van der Waals surface area contributed by atoms with Crippen molar-refractivity contribution in [2.24, 2.45) is 21.7 Å². The predicted molar refractivity (Wildman–Crippen MR) is 139 cm³/mol. The Balaban J connectivity index is 2.27. The lowest BCUT2D eigenvalue weighted by Gasteiger charge is -2.41. The number of methoxy groups -OCH3 is 1. The third-order valence-electron chi connectivity index (χ3n) is 7.43. The molecule has 0 radical (unpaired) electrons. The van der Waals surface area contributed by atoms with Crippen LogP contribution in [-0.4, -0.2) is 55.4 Å². The lowest BCUT2D eigenvalue weighted by Crippen LogP contribution is -2.46. The van der Waals surface area contributed by atoms with Crippen molar-refractivity contribution in [3.05, 3.63) is 35.9 Å². The van der Waals surface area contributed by atoms with Gasteiger partial charge in [-0.2, -0.15) is 0 Å². The van der Waals surface area contributed by atoms with E-state index in [1.54, 1.807) is 27.7 Å². The van der Waals surface area contributed by atoms with Crippen LogP contribution in [0, 0.1) is 21.7 Å². The lowest BCUT2D eigenvalue weighted by molar-refractivity contribution is -0.169. The predicted octanol–water partition coefficient (Wildman–Crippen LogP) is 4.55. The highest BCUT2D eigenvalue weighted by atomic mass is 16.6. The minimum Gasteiger partial charge on any atom is -0.481 e. The van der Waals surface area contributed by atoms with Gasteiger partial charge in [-0.3, -0.25) is 19.2 Å². The summed E-state index contributed by atoms with van der Waals surface area (Å²) in [5.74, 6) is -2.82. The molecule has 1 aliphatic rings. The fourth-order valence-corrected chi connectivity index (χ4v) is 5.20. The Morgan fingerprint density at radius 3 is 1.95 bits per heavy atom. The average molecular weight is 535 g/mol. The fraction of sp³-hybridized carbons (Fsp3) is 0.655. The summed E-state index contributed by atoms with van der Waals surface area (Å²) in [6.45, 7) is 10.6. The summed E-state index contributed by atoms with van der Waals surface area (Å²) in [6, 6.07) is 9.25. The van der Waals surface area contributed by atoms with Gasteiger partial charge in [-0.1, -0.05) is 37.3 Å². The highest BCUT2D eigenvalue weighted by Gasteiger charge is 2.53. The van der Waals surface area contributed by atoms with Crippen molar-refractivity contribution in [3.63, 3.8) is 0 Å². The Bertz CT molecular complexity index is 1000. The van der Waals surface area contributed by atoms with E-state index in [1.807, 2.05) is 37.3 Å². The molecule has 4 unspecified atom stereocenters. The summed E-state index contributed by atoms with van der Waals surface area (Å²) in [7, 11) is 1.23. The molecule has 1 saturated heterocycles. The van der Waals surface area contributed by atoms with E-state index in [2.05, 4.69) is 0 Å². The molecule has 1 aliphatic heterocycles. The minimum absolute atomic E-state index is 0.00353. The van der Waals surface area contributed by atoms with Crippen LogP contribution in [0.25, 0.3) is 0 Å². The van der Waals surface area contributed by atoms with Gasteiger partial charge in [-0.05, 0) is 65.9 Å². The van der Waals surface area contributed by atoms with Crippen molar-refractivity contribution < 1.29 is 43.2 Å². The van der Waals surface area contributed by atoms with Crippen LogP contribution < -0.4 is 0 Å². The van der Waals surface area contributed by atoms with Gasteiger partial charge in [0, 0.05) is 0 Å². The van der Waals surface area contributed by atoms with E-state index in [0.29, 0.717) is 13.0 Å². The number of esters is 3. The minimum atomic E-state index is -1.51. The number of ether oxygens (including phenoxy) is 4. The second kappa shape index (κ2) is 12.3. The number of aliphatic carboxylic acids is 1. The molecule has 1 heterocycles. The Morgan fingerprint density at radius 2 is 1.45 bits per heavy atom. The maximum atomic E-state index is 13.2. The van der Waals surface area contributed by atoms with Crippen molar-refractivity contribution >= 4 is 23.9 Å². The Kier molecular flexibility index (Phi) is 10.1. The molecule has 0 bridgehead atoms. The Morgan fingerprint density at radius 1 is 0.868 bits per heavy atom. The zero-order chi connectivity index (χ0) is 28.8. The molecule has 0 aromatic heterocycles. The molecule has 1 aromatic carbocycles. The van der Waals surface area contributed by atoms with Crippen molar-refractivity contribution in [1.29, 1.82) is 0 Å². The van der Waals surface area contributed by atoms with Gasteiger partial charge >= 0.3 is 23.9 Å². The summed E-state index contributed by atoms with van der Waals surface area (Å²) in [4.78, 5) is 51.8. The summed E-state index contributed by atoms with van der Waals surface area (Å²) in [6.07, 6.45) is -0.00198. The molecule has 1 fully saturated rings. The molecule has 0 spiro atoms. The van der Waals surface area contributed by atoms with Gasteiger partial charge in [0.2, 0.25) is 0 Å². The number of epoxide rings is 1. The molecule has 2 rings (SSSR count). The highest BCUT2D eigenvalue weighted by molar-refractivity contribution is 5.83. The molecule has 9 heteroatoms. The highest BCUT2D eigenvalue weighted by Crippen LogP contribution is 2.49. The number of hydrogen-bond acceptors (Lipinski definition) is 8. The van der Waals surface area contributed by atoms with Crippen LogP contribution in [-0.2, 0) is 44.7 Å². The van der Waals surface area contributed by atoms with Gasteiger partial charge in [-0.25, -0.2) is 0 Å². The Labute approximate surface area is 225 Å². The first-order valence-corrected chi connectivity index (χ1v) is 12.9. The molecular formula is C29H42O9. The van der Waals surface area contributed by atoms with Crippen LogP contribution >= 0.6 is 0 Å². The third kappa shape index (κ3) is 8.03. The molecule has 0 saturated carbocycles. The van der Waals surface area contributed by atoms with Crippen molar-refractivity contribution in [2.75, 3.05) is 20.3 Å². The molecule has 1 N–H and O–H groups in total. The molecular weight excluding hydrogens is 492 g/mol. The molecule has 1 aromatic rings. The van der Waals surface area contributed by atoms with Crippen molar-refractivity contribution in [1.82, 2.24) is 0 Å². The van der Waals surface area contributed by atoms with Crippen LogP contribution in [0.4, 0.5) is 0 Å². The SMILES string of the molecule is CCC(C)(CC(C)(CC(C)(CC(C)(C)C(=O)OCC1CO1)C(=O)O)C(=O)OC)C(=O)OCc1ccccc1. The normalized spacial score (nSPS) is 19.7.